The summed E-state index contributed by atoms with van der Waals surface area (Å²) in [7, 11) is 1.65. The summed E-state index contributed by atoms with van der Waals surface area (Å²) in [6.45, 7) is 3.76. The Morgan fingerprint density at radius 2 is 1.70 bits per heavy atom. The molecular formula is C13H22N4O2S. The number of rotatable bonds is 4. The van der Waals surface area contributed by atoms with E-state index < -0.39 is 10.2 Å². The van der Waals surface area contributed by atoms with Crippen LogP contribution in [-0.4, -0.2) is 64.9 Å². The molecule has 0 aromatic heterocycles. The number of hydrogen-bond acceptors (Lipinski definition) is 4. The lowest BCUT2D eigenvalue weighted by atomic mass is 10.2. The average molecular weight is 298 g/mol. The van der Waals surface area contributed by atoms with Crippen LogP contribution in [-0.2, 0) is 10.2 Å². The molecule has 0 amide bonds. The summed E-state index contributed by atoms with van der Waals surface area (Å²) < 4.78 is 27.8. The van der Waals surface area contributed by atoms with E-state index in [-0.39, 0.29) is 0 Å². The molecule has 1 aliphatic rings. The van der Waals surface area contributed by atoms with Gasteiger partial charge in [-0.1, -0.05) is 12.1 Å². The van der Waals surface area contributed by atoms with Crippen LogP contribution < -0.4 is 9.62 Å². The highest BCUT2D eigenvalue weighted by molar-refractivity contribution is 7.90. The van der Waals surface area contributed by atoms with Crippen LogP contribution in [0.4, 0.5) is 11.4 Å². The number of benzene rings is 1. The van der Waals surface area contributed by atoms with E-state index in [0.717, 1.165) is 31.9 Å². The fourth-order valence-corrected chi connectivity index (χ4v) is 2.75. The third-order valence-electron chi connectivity index (χ3n) is 3.47. The molecule has 0 spiro atoms. The van der Waals surface area contributed by atoms with Gasteiger partial charge in [0.15, 0.2) is 0 Å². The van der Waals surface area contributed by atoms with Crippen LogP contribution in [0.3, 0.4) is 0 Å². The molecule has 0 atom stereocenters. The van der Waals surface area contributed by atoms with Crippen molar-refractivity contribution in [2.24, 2.45) is 0 Å². The normalized spacial score (nSPS) is 17.5. The lowest BCUT2D eigenvalue weighted by molar-refractivity contribution is 0.313. The summed E-state index contributed by atoms with van der Waals surface area (Å²) in [6.07, 6.45) is 0. The lowest BCUT2D eigenvalue weighted by Gasteiger charge is -2.35. The molecule has 1 heterocycles. The van der Waals surface area contributed by atoms with Gasteiger partial charge in [0.25, 0.3) is 0 Å². The van der Waals surface area contributed by atoms with Gasteiger partial charge in [-0.3, -0.25) is 4.72 Å². The lowest BCUT2D eigenvalue weighted by Crippen LogP contribution is -2.44. The zero-order chi connectivity index (χ0) is 14.8. The number of piperazine rings is 1. The molecule has 6 nitrogen and oxygen atoms in total. The standard InChI is InChI=1S/C13H22N4O2S/c1-15(2)20(18,19)14-12-6-4-5-7-13(12)17-10-8-16(3)9-11-17/h4-7,14H,8-11H2,1-3H3. The van der Waals surface area contributed by atoms with E-state index in [4.69, 9.17) is 0 Å². The second-order valence-corrected chi connectivity index (χ2v) is 7.08. The zero-order valence-corrected chi connectivity index (χ0v) is 13.0. The Morgan fingerprint density at radius 3 is 2.30 bits per heavy atom. The Bertz CT molecular complexity index is 551. The Balaban J connectivity index is 2.23. The molecule has 2 rings (SSSR count). The summed E-state index contributed by atoms with van der Waals surface area (Å²) >= 11 is 0. The van der Waals surface area contributed by atoms with Gasteiger partial charge in [-0.15, -0.1) is 0 Å². The molecule has 0 saturated carbocycles. The molecule has 1 saturated heterocycles. The summed E-state index contributed by atoms with van der Waals surface area (Å²) in [5.41, 5.74) is 1.57. The number of nitrogens with one attached hydrogen (secondary N) is 1. The number of para-hydroxylation sites is 2. The number of anilines is 2. The Kier molecular flexibility index (Phi) is 4.52. The SMILES string of the molecule is CN1CCN(c2ccccc2NS(=O)(=O)N(C)C)CC1. The van der Waals surface area contributed by atoms with Crippen molar-refractivity contribution in [1.82, 2.24) is 9.21 Å². The smallest absolute Gasteiger partial charge is 0.301 e. The maximum Gasteiger partial charge on any atom is 0.301 e. The molecule has 1 aromatic rings. The topological polar surface area (TPSA) is 55.9 Å². The Morgan fingerprint density at radius 1 is 1.10 bits per heavy atom. The second kappa shape index (κ2) is 5.99. The van der Waals surface area contributed by atoms with E-state index in [1.165, 1.54) is 18.4 Å². The molecule has 1 aliphatic heterocycles. The predicted molar refractivity (Wildman–Crippen MR) is 82.4 cm³/mol. The van der Waals surface area contributed by atoms with Gasteiger partial charge in [-0.25, -0.2) is 0 Å². The van der Waals surface area contributed by atoms with Crippen molar-refractivity contribution < 1.29 is 8.42 Å². The van der Waals surface area contributed by atoms with Gasteiger partial charge >= 0.3 is 10.2 Å². The van der Waals surface area contributed by atoms with Gasteiger partial charge in [0.2, 0.25) is 0 Å². The van der Waals surface area contributed by atoms with Gasteiger partial charge < -0.3 is 9.80 Å². The predicted octanol–water partition coefficient (Wildman–Crippen LogP) is 0.657. The first-order chi connectivity index (χ1) is 9.40. The Labute approximate surface area is 121 Å². The maximum atomic E-state index is 12.0. The van der Waals surface area contributed by atoms with Crippen LogP contribution in [0.15, 0.2) is 24.3 Å². The minimum Gasteiger partial charge on any atom is -0.367 e. The van der Waals surface area contributed by atoms with E-state index in [9.17, 15) is 8.42 Å². The average Bonchev–Trinajstić information content (AvgIpc) is 2.40. The van der Waals surface area contributed by atoms with Gasteiger partial charge in [0.1, 0.15) is 0 Å². The Hall–Kier alpha value is -1.31. The zero-order valence-electron chi connectivity index (χ0n) is 12.2. The van der Waals surface area contributed by atoms with Crippen molar-refractivity contribution in [3.05, 3.63) is 24.3 Å². The quantitative estimate of drug-likeness (QED) is 0.887. The first-order valence-electron chi connectivity index (χ1n) is 6.63. The fourth-order valence-electron chi connectivity index (χ4n) is 2.11. The first-order valence-corrected chi connectivity index (χ1v) is 8.07. The molecule has 1 fully saturated rings. The van der Waals surface area contributed by atoms with E-state index >= 15 is 0 Å². The second-order valence-electron chi connectivity index (χ2n) is 5.20. The van der Waals surface area contributed by atoms with E-state index in [2.05, 4.69) is 21.6 Å². The van der Waals surface area contributed by atoms with E-state index in [1.54, 1.807) is 6.07 Å². The highest BCUT2D eigenvalue weighted by atomic mass is 32.2. The number of nitrogens with zero attached hydrogens (tertiary/aromatic N) is 3. The molecule has 0 bridgehead atoms. The van der Waals surface area contributed by atoms with Crippen molar-refractivity contribution in [2.45, 2.75) is 0 Å². The molecule has 0 aliphatic carbocycles. The number of hydrogen-bond donors (Lipinski definition) is 1. The molecule has 0 radical (unpaired) electrons. The number of likely N-dealkylation sites (N-methyl/N-ethyl adjacent to an activating group) is 1. The highest BCUT2D eigenvalue weighted by Crippen LogP contribution is 2.27. The van der Waals surface area contributed by atoms with Gasteiger partial charge in [-0.2, -0.15) is 12.7 Å². The van der Waals surface area contributed by atoms with Crippen LogP contribution in [0.5, 0.6) is 0 Å². The molecule has 112 valence electrons. The van der Waals surface area contributed by atoms with Crippen LogP contribution in [0.25, 0.3) is 0 Å². The molecule has 7 heteroatoms. The molecular weight excluding hydrogens is 276 g/mol. The van der Waals surface area contributed by atoms with Crippen molar-refractivity contribution in [3.8, 4) is 0 Å². The molecule has 20 heavy (non-hydrogen) atoms. The van der Waals surface area contributed by atoms with Crippen molar-refractivity contribution in [2.75, 3.05) is 56.9 Å². The van der Waals surface area contributed by atoms with Crippen LogP contribution in [0.2, 0.25) is 0 Å². The van der Waals surface area contributed by atoms with Crippen LogP contribution in [0.1, 0.15) is 0 Å². The third kappa shape index (κ3) is 3.41. The summed E-state index contributed by atoms with van der Waals surface area (Å²) in [5.74, 6) is 0. The summed E-state index contributed by atoms with van der Waals surface area (Å²) in [5, 5.41) is 0. The largest absolute Gasteiger partial charge is 0.367 e. The maximum absolute atomic E-state index is 12.0. The van der Waals surface area contributed by atoms with E-state index in [0.29, 0.717) is 5.69 Å². The third-order valence-corrected chi connectivity index (χ3v) is 4.91. The highest BCUT2D eigenvalue weighted by Gasteiger charge is 2.20. The minimum absolute atomic E-state index is 0.630. The van der Waals surface area contributed by atoms with Crippen LogP contribution in [0, 0.1) is 0 Å². The molecule has 1 N–H and O–H groups in total. The summed E-state index contributed by atoms with van der Waals surface area (Å²) in [6, 6.07) is 7.53. The first kappa shape index (κ1) is 15.1. The van der Waals surface area contributed by atoms with Crippen molar-refractivity contribution in [1.29, 1.82) is 0 Å². The van der Waals surface area contributed by atoms with Gasteiger partial charge in [0, 0.05) is 40.3 Å². The van der Waals surface area contributed by atoms with Crippen molar-refractivity contribution in [3.63, 3.8) is 0 Å². The van der Waals surface area contributed by atoms with Crippen LogP contribution >= 0.6 is 0 Å². The minimum atomic E-state index is -3.48. The van der Waals surface area contributed by atoms with Crippen molar-refractivity contribution >= 4 is 21.6 Å². The molecule has 1 aromatic carbocycles. The van der Waals surface area contributed by atoms with E-state index in [1.807, 2.05) is 18.2 Å². The van der Waals surface area contributed by atoms with Gasteiger partial charge in [0.05, 0.1) is 11.4 Å². The molecule has 0 unspecified atom stereocenters. The fraction of sp³-hybridized carbons (Fsp3) is 0.538. The monoisotopic (exact) mass is 298 g/mol. The van der Waals surface area contributed by atoms with Gasteiger partial charge in [-0.05, 0) is 19.2 Å². The summed E-state index contributed by atoms with van der Waals surface area (Å²) in [4.78, 5) is 4.48.